The highest BCUT2D eigenvalue weighted by atomic mass is 35.5. The van der Waals surface area contributed by atoms with E-state index in [4.69, 9.17) is 22.1 Å². The monoisotopic (exact) mass is 305 g/mol. The molecule has 102 valence electrons. The van der Waals surface area contributed by atoms with Crippen molar-refractivity contribution >= 4 is 40.7 Å². The van der Waals surface area contributed by atoms with Crippen molar-refractivity contribution in [2.75, 3.05) is 0 Å². The Morgan fingerprint density at radius 1 is 1.30 bits per heavy atom. The Morgan fingerprint density at radius 3 is 2.60 bits per heavy atom. The summed E-state index contributed by atoms with van der Waals surface area (Å²) >= 11 is 7.27. The lowest BCUT2D eigenvalue weighted by atomic mass is 10.2. The summed E-state index contributed by atoms with van der Waals surface area (Å²) in [4.78, 5) is 12.7. The number of carbonyl (C=O) groups is 1. The van der Waals surface area contributed by atoms with Crippen LogP contribution >= 0.6 is 22.9 Å². The molecule has 1 aromatic carbocycles. The molecule has 0 saturated carbocycles. The Morgan fingerprint density at radius 2 is 2.00 bits per heavy atom. The molecule has 0 bridgehead atoms. The fourth-order valence-electron chi connectivity index (χ4n) is 1.45. The van der Waals surface area contributed by atoms with Gasteiger partial charge in [0.2, 0.25) is 0 Å². The summed E-state index contributed by atoms with van der Waals surface area (Å²) in [6.07, 6.45) is 1.57. The van der Waals surface area contributed by atoms with Crippen LogP contribution in [-0.4, -0.2) is 5.97 Å². The molecule has 20 heavy (non-hydrogen) atoms. The molecule has 0 aliphatic carbocycles. The Bertz CT molecular complexity index is 645. The Labute approximate surface area is 125 Å². The van der Waals surface area contributed by atoms with Crippen molar-refractivity contribution in [2.45, 2.75) is 0 Å². The topological polar surface area (TPSA) is 52.3 Å². The van der Waals surface area contributed by atoms with Gasteiger partial charge < -0.3 is 10.5 Å². The summed E-state index contributed by atoms with van der Waals surface area (Å²) < 4.78 is 5.12. The smallest absolute Gasteiger partial charge is 0.359 e. The maximum absolute atomic E-state index is 11.8. The molecule has 0 aliphatic rings. The molecule has 0 fully saturated rings. The summed E-state index contributed by atoms with van der Waals surface area (Å²) in [5.74, 6) is -0.396. The van der Waals surface area contributed by atoms with Crippen LogP contribution in [0.25, 0.3) is 11.8 Å². The molecule has 0 radical (unpaired) electrons. The molecule has 2 N–H and O–H groups in total. The zero-order valence-electron chi connectivity index (χ0n) is 10.5. The van der Waals surface area contributed by atoms with Crippen molar-refractivity contribution < 1.29 is 9.53 Å². The first kappa shape index (κ1) is 14.4. The van der Waals surface area contributed by atoms with E-state index in [2.05, 4.69) is 6.58 Å². The molecular weight excluding hydrogens is 294 g/mol. The second-order valence-electron chi connectivity index (χ2n) is 3.93. The molecule has 0 aliphatic heterocycles. The number of hydrogen-bond donors (Lipinski definition) is 1. The molecule has 0 amide bonds. The second kappa shape index (κ2) is 6.41. The van der Waals surface area contributed by atoms with Crippen LogP contribution in [0.5, 0.6) is 0 Å². The van der Waals surface area contributed by atoms with Gasteiger partial charge in [0.15, 0.2) is 0 Å². The molecule has 1 aromatic heterocycles. The summed E-state index contributed by atoms with van der Waals surface area (Å²) in [5.41, 5.74) is 6.39. The number of hydrogen-bond acceptors (Lipinski definition) is 4. The molecule has 1 heterocycles. The number of halogens is 1. The van der Waals surface area contributed by atoms with Gasteiger partial charge in [-0.15, -0.1) is 11.3 Å². The van der Waals surface area contributed by atoms with E-state index >= 15 is 0 Å². The highest BCUT2D eigenvalue weighted by Crippen LogP contribution is 2.18. The van der Waals surface area contributed by atoms with E-state index < -0.39 is 5.97 Å². The molecule has 5 heteroatoms. The maximum atomic E-state index is 11.8. The van der Waals surface area contributed by atoms with Crippen molar-refractivity contribution in [2.24, 2.45) is 5.73 Å². The van der Waals surface area contributed by atoms with Gasteiger partial charge in [0.05, 0.1) is 0 Å². The minimum atomic E-state index is -0.627. The fraction of sp³-hybridized carbons (Fsp3) is 0. The Kier molecular flexibility index (Phi) is 4.61. The van der Waals surface area contributed by atoms with Gasteiger partial charge in [0, 0.05) is 15.5 Å². The largest absolute Gasteiger partial charge is 0.422 e. The van der Waals surface area contributed by atoms with Gasteiger partial charge in [0.1, 0.15) is 11.5 Å². The molecule has 0 saturated heterocycles. The minimum Gasteiger partial charge on any atom is -0.422 e. The van der Waals surface area contributed by atoms with Crippen molar-refractivity contribution in [1.29, 1.82) is 0 Å². The van der Waals surface area contributed by atoms with Gasteiger partial charge in [-0.25, -0.2) is 4.79 Å². The SMILES string of the molecule is C=C(OC(=O)/C(N)=C\c1cccs1)c1ccc(Cl)cc1. The lowest BCUT2D eigenvalue weighted by molar-refractivity contribution is -0.132. The third kappa shape index (κ3) is 3.73. The molecule has 2 aromatic rings. The van der Waals surface area contributed by atoms with Crippen LogP contribution in [0.1, 0.15) is 10.4 Å². The molecule has 0 atom stereocenters. The van der Waals surface area contributed by atoms with E-state index in [1.165, 1.54) is 11.3 Å². The van der Waals surface area contributed by atoms with Gasteiger partial charge in [-0.1, -0.05) is 24.2 Å². The van der Waals surface area contributed by atoms with E-state index in [9.17, 15) is 4.79 Å². The standard InChI is InChI=1S/C15H12ClNO2S/c1-10(11-4-6-12(16)7-5-11)19-15(18)14(17)9-13-3-2-8-20-13/h2-9H,1,17H2/b14-9+. The predicted molar refractivity (Wildman–Crippen MR) is 83.1 cm³/mol. The number of carbonyl (C=O) groups excluding carboxylic acids is 1. The predicted octanol–water partition coefficient (Wildman–Crippen LogP) is 3.92. The fourth-order valence-corrected chi connectivity index (χ4v) is 2.24. The van der Waals surface area contributed by atoms with E-state index in [0.717, 1.165) is 4.88 Å². The normalized spacial score (nSPS) is 11.2. The van der Waals surface area contributed by atoms with Gasteiger partial charge in [-0.3, -0.25) is 0 Å². The van der Waals surface area contributed by atoms with E-state index in [1.54, 1.807) is 30.3 Å². The van der Waals surface area contributed by atoms with E-state index in [0.29, 0.717) is 10.6 Å². The number of ether oxygens (including phenoxy) is 1. The third-order valence-corrected chi connectivity index (χ3v) is 3.53. The minimum absolute atomic E-state index is 0.0302. The van der Waals surface area contributed by atoms with Gasteiger partial charge in [-0.2, -0.15) is 0 Å². The molecule has 3 nitrogen and oxygen atoms in total. The average molecular weight is 306 g/mol. The molecule has 2 rings (SSSR count). The van der Waals surface area contributed by atoms with Crippen LogP contribution < -0.4 is 5.73 Å². The van der Waals surface area contributed by atoms with Crippen LogP contribution in [0.3, 0.4) is 0 Å². The highest BCUT2D eigenvalue weighted by molar-refractivity contribution is 7.10. The highest BCUT2D eigenvalue weighted by Gasteiger charge is 2.11. The Balaban J connectivity index is 2.04. The first-order valence-corrected chi connectivity index (χ1v) is 7.00. The van der Waals surface area contributed by atoms with Crippen LogP contribution in [-0.2, 0) is 9.53 Å². The average Bonchev–Trinajstić information content (AvgIpc) is 2.92. The number of thiophene rings is 1. The zero-order chi connectivity index (χ0) is 14.5. The van der Waals surface area contributed by atoms with Gasteiger partial charge in [0.25, 0.3) is 0 Å². The molecular formula is C15H12ClNO2S. The van der Waals surface area contributed by atoms with E-state index in [1.807, 2.05) is 17.5 Å². The summed E-state index contributed by atoms with van der Waals surface area (Å²) in [5, 5.41) is 2.50. The zero-order valence-corrected chi connectivity index (χ0v) is 12.1. The van der Waals surface area contributed by atoms with E-state index in [-0.39, 0.29) is 11.5 Å². The first-order chi connectivity index (χ1) is 9.56. The quantitative estimate of drug-likeness (QED) is 0.529. The van der Waals surface area contributed by atoms with Crippen LogP contribution in [0.4, 0.5) is 0 Å². The van der Waals surface area contributed by atoms with Crippen molar-refractivity contribution in [3.05, 3.63) is 69.5 Å². The van der Waals surface area contributed by atoms with Crippen molar-refractivity contribution in [3.63, 3.8) is 0 Å². The van der Waals surface area contributed by atoms with Crippen LogP contribution in [0.2, 0.25) is 5.02 Å². The Hall–Kier alpha value is -2.04. The number of rotatable bonds is 4. The maximum Gasteiger partial charge on any atom is 0.359 e. The van der Waals surface area contributed by atoms with Crippen LogP contribution in [0.15, 0.2) is 54.1 Å². The molecule has 0 spiro atoms. The second-order valence-corrected chi connectivity index (χ2v) is 5.35. The lowest BCUT2D eigenvalue weighted by Gasteiger charge is -2.07. The van der Waals surface area contributed by atoms with Crippen LogP contribution in [0, 0.1) is 0 Å². The van der Waals surface area contributed by atoms with Crippen molar-refractivity contribution in [1.82, 2.24) is 0 Å². The van der Waals surface area contributed by atoms with Gasteiger partial charge in [-0.05, 0) is 41.8 Å². The summed E-state index contributed by atoms with van der Waals surface area (Å²) in [7, 11) is 0. The first-order valence-electron chi connectivity index (χ1n) is 5.74. The molecule has 0 unspecified atom stereocenters. The van der Waals surface area contributed by atoms with Crippen molar-refractivity contribution in [3.8, 4) is 0 Å². The lowest BCUT2D eigenvalue weighted by Crippen LogP contribution is -2.13. The number of benzene rings is 1. The number of nitrogens with two attached hydrogens (primary N) is 1. The number of esters is 1. The van der Waals surface area contributed by atoms with Gasteiger partial charge >= 0.3 is 5.97 Å². The summed E-state index contributed by atoms with van der Waals surface area (Å²) in [6, 6.07) is 10.6. The third-order valence-electron chi connectivity index (χ3n) is 2.46. The summed E-state index contributed by atoms with van der Waals surface area (Å²) in [6.45, 7) is 3.71.